The molecule has 0 spiro atoms. The van der Waals surface area contributed by atoms with Gasteiger partial charge in [-0.05, 0) is 25.0 Å². The molecule has 4 heteroatoms. The number of hydrogen-bond donors (Lipinski definition) is 1. The van der Waals surface area contributed by atoms with Crippen molar-refractivity contribution in [1.29, 1.82) is 0 Å². The average Bonchev–Trinajstić information content (AvgIpc) is 2.46. The van der Waals surface area contributed by atoms with E-state index in [0.29, 0.717) is 5.88 Å². The predicted molar refractivity (Wildman–Crippen MR) is 78.7 cm³/mol. The Kier molecular flexibility index (Phi) is 5.83. The number of thioether (sulfide) groups is 1. The van der Waals surface area contributed by atoms with E-state index in [0.717, 1.165) is 38.4 Å². The molecular weight excluding hydrogens is 266 g/mol. The van der Waals surface area contributed by atoms with Gasteiger partial charge in [0.1, 0.15) is 0 Å². The van der Waals surface area contributed by atoms with Crippen molar-refractivity contribution in [2.45, 2.75) is 23.3 Å². The van der Waals surface area contributed by atoms with Crippen molar-refractivity contribution in [2.75, 3.05) is 31.4 Å². The fourth-order valence-corrected chi connectivity index (χ4v) is 3.27. The second kappa shape index (κ2) is 7.39. The molecule has 0 radical (unpaired) electrons. The molecule has 2 rings (SSSR count). The average molecular weight is 286 g/mol. The molecule has 2 nitrogen and oxygen atoms in total. The van der Waals surface area contributed by atoms with Gasteiger partial charge < -0.3 is 10.1 Å². The summed E-state index contributed by atoms with van der Waals surface area (Å²) >= 11 is 7.99. The number of rotatable bonds is 6. The first-order chi connectivity index (χ1) is 8.85. The molecule has 0 aromatic heterocycles. The van der Waals surface area contributed by atoms with Gasteiger partial charge in [0.15, 0.2) is 0 Å². The highest BCUT2D eigenvalue weighted by Gasteiger charge is 2.30. The summed E-state index contributed by atoms with van der Waals surface area (Å²) in [5.74, 6) is 1.75. The standard InChI is InChI=1S/C14H20ClNOS/c15-12-14(6-9-17-10-7-14)16-8-11-18-13-4-2-1-3-5-13/h1-5,16H,6-12H2. The lowest BCUT2D eigenvalue weighted by molar-refractivity contribution is 0.0474. The molecule has 0 aliphatic carbocycles. The maximum absolute atomic E-state index is 6.11. The molecule has 0 saturated carbocycles. The van der Waals surface area contributed by atoms with E-state index in [1.54, 1.807) is 0 Å². The van der Waals surface area contributed by atoms with Crippen LogP contribution in [-0.2, 0) is 4.74 Å². The Labute approximate surface area is 118 Å². The highest BCUT2D eigenvalue weighted by atomic mass is 35.5. The summed E-state index contributed by atoms with van der Waals surface area (Å²) in [5, 5.41) is 3.62. The number of ether oxygens (including phenoxy) is 1. The molecule has 0 amide bonds. The third-order valence-electron chi connectivity index (χ3n) is 3.32. The maximum atomic E-state index is 6.11. The second-order valence-electron chi connectivity index (χ2n) is 4.61. The van der Waals surface area contributed by atoms with Crippen LogP contribution in [0.1, 0.15) is 12.8 Å². The number of benzene rings is 1. The third-order valence-corrected chi connectivity index (χ3v) is 4.85. The number of alkyl halides is 1. The van der Waals surface area contributed by atoms with Crippen LogP contribution in [0.25, 0.3) is 0 Å². The van der Waals surface area contributed by atoms with Crippen molar-refractivity contribution in [3.05, 3.63) is 30.3 Å². The monoisotopic (exact) mass is 285 g/mol. The first-order valence-electron chi connectivity index (χ1n) is 6.41. The Balaban J connectivity index is 1.71. The molecular formula is C14H20ClNOS. The number of nitrogens with one attached hydrogen (secondary N) is 1. The van der Waals surface area contributed by atoms with Crippen LogP contribution in [0.4, 0.5) is 0 Å². The summed E-state index contributed by atoms with van der Waals surface area (Å²) in [5.41, 5.74) is 0.0943. The summed E-state index contributed by atoms with van der Waals surface area (Å²) in [7, 11) is 0. The zero-order valence-corrected chi connectivity index (χ0v) is 12.1. The van der Waals surface area contributed by atoms with Gasteiger partial charge in [0, 0.05) is 41.8 Å². The lowest BCUT2D eigenvalue weighted by atomic mass is 9.92. The first-order valence-corrected chi connectivity index (χ1v) is 7.93. The van der Waals surface area contributed by atoms with E-state index >= 15 is 0 Å². The molecule has 1 aliphatic rings. The van der Waals surface area contributed by atoms with Crippen molar-refractivity contribution in [1.82, 2.24) is 5.32 Å². The van der Waals surface area contributed by atoms with Crippen LogP contribution in [0, 0.1) is 0 Å². The smallest absolute Gasteiger partial charge is 0.0484 e. The Hall–Kier alpha value is -0.220. The van der Waals surface area contributed by atoms with Gasteiger partial charge in [-0.1, -0.05) is 18.2 Å². The predicted octanol–water partition coefficient (Wildman–Crippen LogP) is 3.16. The third kappa shape index (κ3) is 4.16. The number of hydrogen-bond acceptors (Lipinski definition) is 3. The molecule has 18 heavy (non-hydrogen) atoms. The van der Waals surface area contributed by atoms with E-state index in [-0.39, 0.29) is 5.54 Å². The highest BCUT2D eigenvalue weighted by molar-refractivity contribution is 7.99. The van der Waals surface area contributed by atoms with Crippen molar-refractivity contribution in [2.24, 2.45) is 0 Å². The lowest BCUT2D eigenvalue weighted by Gasteiger charge is -2.36. The zero-order chi connectivity index (χ0) is 12.7. The molecule has 100 valence electrons. The van der Waals surface area contributed by atoms with Gasteiger partial charge >= 0.3 is 0 Å². The zero-order valence-electron chi connectivity index (χ0n) is 10.5. The summed E-state index contributed by atoms with van der Waals surface area (Å²) < 4.78 is 5.40. The molecule has 1 aromatic rings. The minimum absolute atomic E-state index is 0.0943. The van der Waals surface area contributed by atoms with E-state index in [2.05, 4.69) is 29.6 Å². The van der Waals surface area contributed by atoms with Gasteiger partial charge in [-0.25, -0.2) is 0 Å². The topological polar surface area (TPSA) is 21.3 Å². The van der Waals surface area contributed by atoms with E-state index in [1.807, 2.05) is 17.8 Å². The molecule has 0 atom stereocenters. The van der Waals surface area contributed by atoms with E-state index in [4.69, 9.17) is 16.3 Å². The Morgan fingerprint density at radius 3 is 2.61 bits per heavy atom. The second-order valence-corrected chi connectivity index (χ2v) is 6.05. The largest absolute Gasteiger partial charge is 0.381 e. The van der Waals surface area contributed by atoms with Gasteiger partial charge in [0.2, 0.25) is 0 Å². The van der Waals surface area contributed by atoms with Crippen LogP contribution < -0.4 is 5.32 Å². The van der Waals surface area contributed by atoms with Crippen LogP contribution in [0.3, 0.4) is 0 Å². The van der Waals surface area contributed by atoms with E-state index < -0.39 is 0 Å². The Morgan fingerprint density at radius 2 is 1.94 bits per heavy atom. The van der Waals surface area contributed by atoms with Crippen molar-refractivity contribution >= 4 is 23.4 Å². The Bertz CT molecular complexity index is 341. The van der Waals surface area contributed by atoms with Crippen LogP contribution in [0.2, 0.25) is 0 Å². The molecule has 1 fully saturated rings. The van der Waals surface area contributed by atoms with Crippen LogP contribution in [0.5, 0.6) is 0 Å². The van der Waals surface area contributed by atoms with Crippen LogP contribution in [0.15, 0.2) is 35.2 Å². The van der Waals surface area contributed by atoms with Gasteiger partial charge in [0.05, 0.1) is 0 Å². The molecule has 0 unspecified atom stereocenters. The summed E-state index contributed by atoms with van der Waals surface area (Å²) in [4.78, 5) is 1.33. The van der Waals surface area contributed by atoms with Gasteiger partial charge in [-0.15, -0.1) is 23.4 Å². The lowest BCUT2D eigenvalue weighted by Crippen LogP contribution is -2.51. The van der Waals surface area contributed by atoms with Crippen molar-refractivity contribution in [3.8, 4) is 0 Å². The minimum Gasteiger partial charge on any atom is -0.381 e. The fourth-order valence-electron chi connectivity index (χ4n) is 2.12. The molecule has 1 N–H and O–H groups in total. The quantitative estimate of drug-likeness (QED) is 0.493. The number of halogens is 1. The van der Waals surface area contributed by atoms with Gasteiger partial charge in [-0.2, -0.15) is 0 Å². The van der Waals surface area contributed by atoms with Crippen molar-refractivity contribution in [3.63, 3.8) is 0 Å². The van der Waals surface area contributed by atoms with Crippen LogP contribution >= 0.6 is 23.4 Å². The van der Waals surface area contributed by atoms with E-state index in [1.165, 1.54) is 4.90 Å². The summed E-state index contributed by atoms with van der Waals surface area (Å²) in [6, 6.07) is 10.5. The first kappa shape index (κ1) is 14.2. The van der Waals surface area contributed by atoms with Crippen LogP contribution in [-0.4, -0.2) is 36.9 Å². The molecule has 1 aliphatic heterocycles. The SMILES string of the molecule is ClCC1(NCCSc2ccccc2)CCOCC1. The van der Waals surface area contributed by atoms with Gasteiger partial charge in [0.25, 0.3) is 0 Å². The van der Waals surface area contributed by atoms with E-state index in [9.17, 15) is 0 Å². The molecule has 1 heterocycles. The fraction of sp³-hybridized carbons (Fsp3) is 0.571. The van der Waals surface area contributed by atoms with Gasteiger partial charge in [-0.3, -0.25) is 0 Å². The van der Waals surface area contributed by atoms with Crippen molar-refractivity contribution < 1.29 is 4.74 Å². The summed E-state index contributed by atoms with van der Waals surface area (Å²) in [6.45, 7) is 2.64. The molecule has 1 aromatic carbocycles. The Morgan fingerprint density at radius 1 is 1.22 bits per heavy atom. The molecule has 0 bridgehead atoms. The normalized spacial score (nSPS) is 18.7. The molecule has 1 saturated heterocycles. The summed E-state index contributed by atoms with van der Waals surface area (Å²) in [6.07, 6.45) is 2.04. The maximum Gasteiger partial charge on any atom is 0.0484 e. The highest BCUT2D eigenvalue weighted by Crippen LogP contribution is 2.23. The minimum atomic E-state index is 0.0943.